The van der Waals surface area contributed by atoms with Crippen LogP contribution in [0.15, 0.2) is 42.6 Å². The summed E-state index contributed by atoms with van der Waals surface area (Å²) in [5.41, 5.74) is 2.85. The van der Waals surface area contributed by atoms with Gasteiger partial charge >= 0.3 is 6.18 Å². The van der Waals surface area contributed by atoms with Crippen LogP contribution in [0.25, 0.3) is 11.0 Å². The van der Waals surface area contributed by atoms with Crippen molar-refractivity contribution < 1.29 is 32.2 Å². The van der Waals surface area contributed by atoms with Crippen LogP contribution in [0.2, 0.25) is 0 Å². The summed E-state index contributed by atoms with van der Waals surface area (Å²) in [4.78, 5) is 33.8. The first-order chi connectivity index (χ1) is 18.0. The molecule has 2 amide bonds. The number of alkyl halides is 3. The zero-order chi connectivity index (χ0) is 27.6. The molecule has 1 aliphatic rings. The average molecular weight is 532 g/mol. The van der Waals surface area contributed by atoms with Gasteiger partial charge in [-0.05, 0) is 37.1 Å². The number of rotatable bonds is 8. The summed E-state index contributed by atoms with van der Waals surface area (Å²) in [7, 11) is 4.16. The quantitative estimate of drug-likeness (QED) is 0.443. The highest BCUT2D eigenvalue weighted by atomic mass is 19.4. The molecule has 2 N–H and O–H groups in total. The fourth-order valence-electron chi connectivity index (χ4n) is 4.52. The van der Waals surface area contributed by atoms with Crippen molar-refractivity contribution in [1.29, 1.82) is 0 Å². The van der Waals surface area contributed by atoms with Crippen LogP contribution in [0.3, 0.4) is 0 Å². The van der Waals surface area contributed by atoms with Crippen molar-refractivity contribution in [3.05, 3.63) is 53.7 Å². The van der Waals surface area contributed by atoms with E-state index < -0.39 is 24.2 Å². The zero-order valence-corrected chi connectivity index (χ0v) is 21.3. The number of aromatic nitrogens is 2. The predicted molar refractivity (Wildman–Crippen MR) is 134 cm³/mol. The molecule has 0 aliphatic carbocycles. The zero-order valence-electron chi connectivity index (χ0n) is 21.3. The number of likely N-dealkylation sites (N-methyl/N-ethyl adjacent to an activating group) is 1. The highest BCUT2D eigenvalue weighted by Gasteiger charge is 2.46. The molecule has 0 saturated carbocycles. The number of fused-ring (bicyclic) bond motifs is 1. The van der Waals surface area contributed by atoms with E-state index in [4.69, 9.17) is 9.47 Å². The molecule has 1 saturated heterocycles. The first-order valence-corrected chi connectivity index (χ1v) is 11.9. The van der Waals surface area contributed by atoms with E-state index in [9.17, 15) is 22.8 Å². The van der Waals surface area contributed by atoms with Crippen molar-refractivity contribution >= 4 is 34.2 Å². The standard InChI is InChI=1S/C26H28F3N5O4/c1-14(37-3)22-19(13-30-17-10-12-21(38-4)33-23(17)22)31-16-7-5-15(6-8-16)24(26(27,28)29)34(2)25(36)18-9-11-20(35)32-18/h5-8,10,12-14,18,24,31H,9,11H2,1-4H3,(H,32,35)/t14-,18+,24-/m0/s1. The number of pyridine rings is 2. The molecule has 3 heterocycles. The summed E-state index contributed by atoms with van der Waals surface area (Å²) in [5, 5.41) is 5.62. The van der Waals surface area contributed by atoms with Gasteiger partial charge in [0.15, 0.2) is 6.04 Å². The lowest BCUT2D eigenvalue weighted by atomic mass is 10.0. The maximum atomic E-state index is 14.1. The first-order valence-electron chi connectivity index (χ1n) is 11.9. The molecular weight excluding hydrogens is 503 g/mol. The Balaban J connectivity index is 1.63. The molecule has 202 valence electrons. The normalized spacial score (nSPS) is 17.1. The minimum absolute atomic E-state index is 0.108. The smallest absolute Gasteiger partial charge is 0.413 e. The Labute approximate surface area is 217 Å². The molecule has 3 atom stereocenters. The number of amides is 2. The fraction of sp³-hybridized carbons (Fsp3) is 0.385. The lowest BCUT2D eigenvalue weighted by molar-refractivity contribution is -0.189. The van der Waals surface area contributed by atoms with Crippen LogP contribution < -0.4 is 15.4 Å². The topological polar surface area (TPSA) is 106 Å². The minimum Gasteiger partial charge on any atom is -0.481 e. The van der Waals surface area contributed by atoms with E-state index in [1.165, 1.54) is 31.4 Å². The molecular formula is C26H28F3N5O4. The van der Waals surface area contributed by atoms with Crippen LogP contribution in [0.5, 0.6) is 5.88 Å². The number of ether oxygens (including phenoxy) is 2. The van der Waals surface area contributed by atoms with Gasteiger partial charge in [-0.15, -0.1) is 0 Å². The molecule has 0 radical (unpaired) electrons. The maximum absolute atomic E-state index is 14.1. The second-order valence-corrected chi connectivity index (χ2v) is 8.98. The van der Waals surface area contributed by atoms with Gasteiger partial charge in [0, 0.05) is 37.9 Å². The van der Waals surface area contributed by atoms with Crippen molar-refractivity contribution in [1.82, 2.24) is 20.2 Å². The molecule has 0 spiro atoms. The number of nitrogens with zero attached hydrogens (tertiary/aromatic N) is 3. The molecule has 9 nitrogen and oxygen atoms in total. The van der Waals surface area contributed by atoms with Crippen LogP contribution in [0.4, 0.5) is 24.5 Å². The molecule has 2 aromatic heterocycles. The average Bonchev–Trinajstić information content (AvgIpc) is 3.33. The SMILES string of the molecule is COc1ccc2ncc(Nc3ccc([C@H](N(C)C(=O)[C@H]4CCC(=O)N4)C(F)(F)F)cc3)c([C@H](C)OC)c2n1. The van der Waals surface area contributed by atoms with E-state index in [2.05, 4.69) is 20.6 Å². The number of halogens is 3. The molecule has 0 unspecified atom stereocenters. The fourth-order valence-corrected chi connectivity index (χ4v) is 4.52. The Bertz CT molecular complexity index is 1330. The molecule has 0 bridgehead atoms. The molecule has 38 heavy (non-hydrogen) atoms. The van der Waals surface area contributed by atoms with Crippen molar-refractivity contribution in [2.75, 3.05) is 26.6 Å². The van der Waals surface area contributed by atoms with Gasteiger partial charge in [0.25, 0.3) is 0 Å². The van der Waals surface area contributed by atoms with Crippen molar-refractivity contribution in [3.8, 4) is 5.88 Å². The summed E-state index contributed by atoms with van der Waals surface area (Å²) >= 11 is 0. The highest BCUT2D eigenvalue weighted by Crippen LogP contribution is 2.39. The molecule has 1 aromatic carbocycles. The van der Waals surface area contributed by atoms with Crippen molar-refractivity contribution in [3.63, 3.8) is 0 Å². The number of carbonyl (C=O) groups excluding carboxylic acids is 2. The Morgan fingerprint density at radius 3 is 2.47 bits per heavy atom. The third kappa shape index (κ3) is 5.49. The van der Waals surface area contributed by atoms with E-state index in [0.717, 1.165) is 7.05 Å². The summed E-state index contributed by atoms with van der Waals surface area (Å²) < 4.78 is 53.0. The minimum atomic E-state index is -4.73. The molecule has 1 aliphatic heterocycles. The number of carbonyl (C=O) groups is 2. The summed E-state index contributed by atoms with van der Waals surface area (Å²) in [6, 6.07) is 5.94. The second kappa shape index (κ2) is 10.8. The van der Waals surface area contributed by atoms with Crippen molar-refractivity contribution in [2.24, 2.45) is 0 Å². The Kier molecular flexibility index (Phi) is 7.72. The Morgan fingerprint density at radius 1 is 1.18 bits per heavy atom. The summed E-state index contributed by atoms with van der Waals surface area (Å²) in [6.07, 6.45) is -3.23. The van der Waals surface area contributed by atoms with E-state index >= 15 is 0 Å². The maximum Gasteiger partial charge on any atom is 0.413 e. The number of nitrogens with one attached hydrogen (secondary N) is 2. The summed E-state index contributed by atoms with van der Waals surface area (Å²) in [5.74, 6) is -0.738. The monoisotopic (exact) mass is 531 g/mol. The van der Waals surface area contributed by atoms with Gasteiger partial charge in [-0.3, -0.25) is 14.6 Å². The number of methoxy groups -OCH3 is 2. The molecule has 3 aromatic rings. The Morgan fingerprint density at radius 2 is 1.89 bits per heavy atom. The van der Waals surface area contributed by atoms with Crippen LogP contribution in [0, 0.1) is 0 Å². The lowest BCUT2D eigenvalue weighted by Crippen LogP contribution is -2.47. The van der Waals surface area contributed by atoms with Crippen molar-refractivity contribution in [2.45, 2.75) is 44.1 Å². The van der Waals surface area contributed by atoms with E-state index in [-0.39, 0.29) is 30.4 Å². The van der Waals surface area contributed by atoms with Gasteiger partial charge < -0.3 is 25.0 Å². The number of hydrogen-bond acceptors (Lipinski definition) is 7. The highest BCUT2D eigenvalue weighted by molar-refractivity contribution is 5.91. The van der Waals surface area contributed by atoms with Gasteiger partial charge in [-0.1, -0.05) is 12.1 Å². The molecule has 1 fully saturated rings. The van der Waals surface area contributed by atoms with E-state index in [1.54, 1.807) is 25.4 Å². The van der Waals surface area contributed by atoms with Gasteiger partial charge in [0.2, 0.25) is 17.7 Å². The second-order valence-electron chi connectivity index (χ2n) is 8.98. The van der Waals surface area contributed by atoms with E-state index in [1.807, 2.05) is 6.92 Å². The number of hydrogen-bond donors (Lipinski definition) is 2. The number of benzene rings is 1. The predicted octanol–water partition coefficient (Wildman–Crippen LogP) is 4.43. The van der Waals surface area contributed by atoms with Gasteiger partial charge in [-0.2, -0.15) is 13.2 Å². The third-order valence-electron chi connectivity index (χ3n) is 6.54. The largest absolute Gasteiger partial charge is 0.481 e. The Hall–Kier alpha value is -3.93. The molecule has 4 rings (SSSR count). The third-order valence-corrected chi connectivity index (χ3v) is 6.54. The molecule has 12 heteroatoms. The van der Waals surface area contributed by atoms with E-state index in [0.29, 0.717) is 38.8 Å². The summed E-state index contributed by atoms with van der Waals surface area (Å²) in [6.45, 7) is 1.84. The van der Waals surface area contributed by atoms with Gasteiger partial charge in [0.1, 0.15) is 11.6 Å². The lowest BCUT2D eigenvalue weighted by Gasteiger charge is -2.32. The van der Waals surface area contributed by atoms with Gasteiger partial charge in [-0.25, -0.2) is 4.98 Å². The van der Waals surface area contributed by atoms with Crippen LogP contribution in [-0.2, 0) is 14.3 Å². The van der Waals surface area contributed by atoms with Gasteiger partial charge in [0.05, 0.1) is 30.6 Å². The first kappa shape index (κ1) is 27.1. The van der Waals surface area contributed by atoms with Crippen LogP contribution in [-0.4, -0.2) is 60.2 Å². The number of anilines is 2. The van der Waals surface area contributed by atoms with Crippen LogP contribution in [0.1, 0.15) is 43.0 Å². The van der Waals surface area contributed by atoms with Crippen LogP contribution >= 0.6 is 0 Å².